The molecule has 2 aromatic rings. The summed E-state index contributed by atoms with van der Waals surface area (Å²) in [5.41, 5.74) is 0.493. The molecule has 2 aromatic carbocycles. The van der Waals surface area contributed by atoms with E-state index in [1.165, 1.54) is 18.2 Å². The first-order valence-electron chi connectivity index (χ1n) is 7.21. The molecule has 0 atom stereocenters. The summed E-state index contributed by atoms with van der Waals surface area (Å²) in [7, 11) is 0. The Morgan fingerprint density at radius 1 is 1.08 bits per heavy atom. The molecule has 126 valence electrons. The molecule has 0 aliphatic carbocycles. The summed E-state index contributed by atoms with van der Waals surface area (Å²) in [6.07, 6.45) is 1.41. The number of ether oxygens (including phenoxy) is 2. The van der Waals surface area contributed by atoms with E-state index in [0.29, 0.717) is 35.3 Å². The van der Waals surface area contributed by atoms with Gasteiger partial charge in [-0.2, -0.15) is 5.26 Å². The minimum absolute atomic E-state index is 0.0854. The van der Waals surface area contributed by atoms with E-state index in [0.717, 1.165) is 0 Å². The fourth-order valence-corrected chi connectivity index (χ4v) is 3.22. The summed E-state index contributed by atoms with van der Waals surface area (Å²) >= 11 is 18.3. The van der Waals surface area contributed by atoms with Crippen LogP contribution in [0.5, 0.6) is 11.5 Å². The molecule has 0 saturated carbocycles. The van der Waals surface area contributed by atoms with Crippen LogP contribution in [0.15, 0.2) is 35.9 Å². The van der Waals surface area contributed by atoms with Crippen LogP contribution in [0.4, 0.5) is 0 Å². The zero-order valence-electron chi connectivity index (χ0n) is 12.7. The lowest BCUT2D eigenvalue weighted by molar-refractivity contribution is 0.104. The highest BCUT2D eigenvalue weighted by Gasteiger charge is 2.20. The van der Waals surface area contributed by atoms with Gasteiger partial charge >= 0.3 is 0 Å². The smallest absolute Gasteiger partial charge is 0.206 e. The number of fused-ring (bicyclic) bond motifs is 1. The molecule has 0 saturated heterocycles. The molecule has 0 bridgehead atoms. The van der Waals surface area contributed by atoms with Gasteiger partial charge in [0, 0.05) is 0 Å². The highest BCUT2D eigenvalue weighted by Crippen LogP contribution is 2.39. The Kier molecular flexibility index (Phi) is 5.19. The minimum Gasteiger partial charge on any atom is -0.486 e. The topological polar surface area (TPSA) is 59.3 Å². The lowest BCUT2D eigenvalue weighted by Crippen LogP contribution is -2.15. The van der Waals surface area contributed by atoms with Crippen LogP contribution < -0.4 is 9.47 Å². The number of nitriles is 1. The van der Waals surface area contributed by atoms with E-state index in [4.69, 9.17) is 44.3 Å². The second-order valence-corrected chi connectivity index (χ2v) is 6.34. The molecule has 7 heteroatoms. The average Bonchev–Trinajstić information content (AvgIpc) is 2.59. The van der Waals surface area contributed by atoms with Crippen molar-refractivity contribution in [2.24, 2.45) is 0 Å². The number of carbonyl (C=O) groups excluding carboxylic acids is 1. The SMILES string of the molecule is N#C/C(=C\c1cc(Cl)c2c(c1)OCCO2)C(=O)c1c(Cl)cccc1Cl. The number of carbonyl (C=O) groups is 1. The Labute approximate surface area is 159 Å². The number of hydrogen-bond acceptors (Lipinski definition) is 4. The molecule has 0 amide bonds. The maximum atomic E-state index is 12.6. The molecule has 0 unspecified atom stereocenters. The molecule has 0 spiro atoms. The summed E-state index contributed by atoms with van der Waals surface area (Å²) in [6, 6.07) is 9.82. The molecular formula is C18H10Cl3NO3. The Hall–Kier alpha value is -2.19. The average molecular weight is 395 g/mol. The van der Waals surface area contributed by atoms with Crippen molar-refractivity contribution in [2.45, 2.75) is 0 Å². The van der Waals surface area contributed by atoms with Crippen LogP contribution in [0, 0.1) is 11.3 Å². The number of Topliss-reactive ketones (excluding diaryl/α,β-unsaturated/α-hetero) is 1. The van der Waals surface area contributed by atoms with E-state index in [1.807, 2.05) is 6.07 Å². The predicted molar refractivity (Wildman–Crippen MR) is 96.8 cm³/mol. The third-order valence-corrected chi connectivity index (χ3v) is 4.40. The number of allylic oxidation sites excluding steroid dienone is 1. The van der Waals surface area contributed by atoms with Crippen LogP contribution >= 0.6 is 34.8 Å². The van der Waals surface area contributed by atoms with Gasteiger partial charge in [0.2, 0.25) is 5.78 Å². The quantitative estimate of drug-likeness (QED) is 0.407. The van der Waals surface area contributed by atoms with Crippen molar-refractivity contribution in [3.8, 4) is 17.6 Å². The van der Waals surface area contributed by atoms with Crippen LogP contribution in [0.2, 0.25) is 15.1 Å². The van der Waals surface area contributed by atoms with Crippen molar-refractivity contribution in [1.82, 2.24) is 0 Å². The molecule has 0 fully saturated rings. The fourth-order valence-electron chi connectivity index (χ4n) is 2.38. The number of rotatable bonds is 3. The number of hydrogen-bond donors (Lipinski definition) is 0. The molecule has 1 aliphatic heterocycles. The van der Waals surface area contributed by atoms with Gasteiger partial charge in [-0.05, 0) is 35.9 Å². The number of halogens is 3. The Bertz CT molecular complexity index is 912. The maximum Gasteiger partial charge on any atom is 0.206 e. The van der Waals surface area contributed by atoms with Crippen molar-refractivity contribution in [3.63, 3.8) is 0 Å². The van der Waals surface area contributed by atoms with Gasteiger partial charge < -0.3 is 9.47 Å². The number of benzene rings is 2. The second kappa shape index (κ2) is 7.37. The Balaban J connectivity index is 2.03. The van der Waals surface area contributed by atoms with Gasteiger partial charge in [0.15, 0.2) is 11.5 Å². The van der Waals surface area contributed by atoms with E-state index in [2.05, 4.69) is 0 Å². The molecule has 25 heavy (non-hydrogen) atoms. The molecular weight excluding hydrogens is 385 g/mol. The van der Waals surface area contributed by atoms with Gasteiger partial charge in [-0.3, -0.25) is 4.79 Å². The third-order valence-electron chi connectivity index (χ3n) is 3.49. The Morgan fingerprint density at radius 3 is 2.44 bits per heavy atom. The van der Waals surface area contributed by atoms with Gasteiger partial charge in [0.25, 0.3) is 0 Å². The van der Waals surface area contributed by atoms with Crippen LogP contribution in [-0.4, -0.2) is 19.0 Å². The number of nitrogens with zero attached hydrogens (tertiary/aromatic N) is 1. The summed E-state index contributed by atoms with van der Waals surface area (Å²) < 4.78 is 10.9. The zero-order chi connectivity index (χ0) is 18.0. The predicted octanol–water partition coefficient (Wildman–Crippen LogP) is 5.21. The molecule has 0 aromatic heterocycles. The van der Waals surface area contributed by atoms with Crippen LogP contribution in [0.25, 0.3) is 6.08 Å². The first-order chi connectivity index (χ1) is 12.0. The van der Waals surface area contributed by atoms with E-state index < -0.39 is 5.78 Å². The van der Waals surface area contributed by atoms with Crippen LogP contribution in [-0.2, 0) is 0 Å². The van der Waals surface area contributed by atoms with E-state index >= 15 is 0 Å². The molecule has 3 rings (SSSR count). The van der Waals surface area contributed by atoms with Crippen LogP contribution in [0.1, 0.15) is 15.9 Å². The highest BCUT2D eigenvalue weighted by atomic mass is 35.5. The third kappa shape index (κ3) is 3.59. The molecule has 4 nitrogen and oxygen atoms in total. The van der Waals surface area contributed by atoms with E-state index in [9.17, 15) is 10.1 Å². The van der Waals surface area contributed by atoms with Crippen molar-refractivity contribution >= 4 is 46.7 Å². The van der Waals surface area contributed by atoms with E-state index in [1.54, 1.807) is 18.2 Å². The van der Waals surface area contributed by atoms with Crippen molar-refractivity contribution in [1.29, 1.82) is 5.26 Å². The maximum absolute atomic E-state index is 12.6. The van der Waals surface area contributed by atoms with Crippen molar-refractivity contribution < 1.29 is 14.3 Å². The van der Waals surface area contributed by atoms with Gasteiger partial charge in [-0.25, -0.2) is 0 Å². The highest BCUT2D eigenvalue weighted by molar-refractivity contribution is 6.41. The van der Waals surface area contributed by atoms with Gasteiger partial charge in [0.05, 0.1) is 20.6 Å². The largest absolute Gasteiger partial charge is 0.486 e. The lowest BCUT2D eigenvalue weighted by atomic mass is 10.0. The summed E-state index contributed by atoms with van der Waals surface area (Å²) in [4.78, 5) is 12.6. The molecule has 1 heterocycles. The zero-order valence-corrected chi connectivity index (χ0v) is 15.0. The lowest BCUT2D eigenvalue weighted by Gasteiger charge is -2.19. The Morgan fingerprint density at radius 2 is 1.76 bits per heavy atom. The first kappa shape index (κ1) is 17.6. The number of ketones is 1. The van der Waals surface area contributed by atoms with Gasteiger partial charge in [-0.15, -0.1) is 0 Å². The fraction of sp³-hybridized carbons (Fsp3) is 0.111. The molecule has 1 aliphatic rings. The van der Waals surface area contributed by atoms with Crippen molar-refractivity contribution in [2.75, 3.05) is 13.2 Å². The minimum atomic E-state index is -0.566. The van der Waals surface area contributed by atoms with Gasteiger partial charge in [-0.1, -0.05) is 40.9 Å². The van der Waals surface area contributed by atoms with Gasteiger partial charge in [0.1, 0.15) is 24.9 Å². The monoisotopic (exact) mass is 393 g/mol. The van der Waals surface area contributed by atoms with E-state index in [-0.39, 0.29) is 21.2 Å². The standard InChI is InChI=1S/C18H10Cl3NO3/c19-12-2-1-3-13(20)16(12)17(23)11(9-22)6-10-7-14(21)18-15(8-10)24-4-5-25-18/h1-3,6-8H,4-5H2/b11-6+. The van der Waals surface area contributed by atoms with Crippen LogP contribution in [0.3, 0.4) is 0 Å². The summed E-state index contributed by atoms with van der Waals surface area (Å²) in [6.45, 7) is 0.810. The molecule has 0 N–H and O–H groups in total. The van der Waals surface area contributed by atoms with Crippen molar-refractivity contribution in [3.05, 3.63) is 62.1 Å². The summed E-state index contributed by atoms with van der Waals surface area (Å²) in [5, 5.41) is 10.1. The normalized spacial score (nSPS) is 13.3. The first-order valence-corrected chi connectivity index (χ1v) is 8.34. The second-order valence-electron chi connectivity index (χ2n) is 5.12. The molecule has 0 radical (unpaired) electrons. The summed E-state index contributed by atoms with van der Waals surface area (Å²) in [5.74, 6) is 0.346.